The Morgan fingerprint density at radius 2 is 1.25 bits per heavy atom. The normalized spacial score (nSPS) is 13.4. The van der Waals surface area contributed by atoms with Gasteiger partial charge in [-0.1, -0.05) is 0 Å². The summed E-state index contributed by atoms with van der Waals surface area (Å²) < 4.78 is 0. The molecule has 0 unspecified atom stereocenters. The van der Waals surface area contributed by atoms with E-state index in [4.69, 9.17) is 21.1 Å². The number of primary amides is 1. The first-order chi connectivity index (χ1) is 9.23. The summed E-state index contributed by atoms with van der Waals surface area (Å²) >= 11 is 0. The molecular formula is C10H17N3O7. The molecule has 0 bridgehead atoms. The van der Waals surface area contributed by atoms with Gasteiger partial charge in [-0.3, -0.25) is 19.2 Å². The maximum Gasteiger partial charge on any atom is 0.322 e. The van der Waals surface area contributed by atoms with Crippen molar-refractivity contribution in [1.82, 2.24) is 10.9 Å². The third kappa shape index (κ3) is 8.00. The van der Waals surface area contributed by atoms with Crippen LogP contribution in [0.1, 0.15) is 25.7 Å². The largest absolute Gasteiger partial charge is 0.481 e. The molecule has 0 aliphatic heterocycles. The Morgan fingerprint density at radius 3 is 1.55 bits per heavy atom. The highest BCUT2D eigenvalue weighted by Gasteiger charge is 2.23. The molecule has 20 heavy (non-hydrogen) atoms. The first-order valence-electron chi connectivity index (χ1n) is 5.70. The summed E-state index contributed by atoms with van der Waals surface area (Å²) in [6, 6.07) is -2.48. The fourth-order valence-corrected chi connectivity index (χ4v) is 1.27. The molecule has 2 atom stereocenters. The van der Waals surface area contributed by atoms with Crippen LogP contribution in [-0.4, -0.2) is 51.2 Å². The van der Waals surface area contributed by atoms with Gasteiger partial charge < -0.3 is 21.1 Å². The van der Waals surface area contributed by atoms with Gasteiger partial charge in [-0.15, -0.1) is 0 Å². The average Bonchev–Trinajstić information content (AvgIpc) is 2.30. The molecule has 0 saturated heterocycles. The molecule has 0 aliphatic rings. The number of carbonyl (C=O) groups is 4. The van der Waals surface area contributed by atoms with Crippen LogP contribution in [0.25, 0.3) is 0 Å². The molecule has 0 aromatic rings. The maximum absolute atomic E-state index is 10.9. The fraction of sp³-hybridized carbons (Fsp3) is 0.600. The molecule has 0 heterocycles. The zero-order valence-corrected chi connectivity index (χ0v) is 10.5. The Bertz CT molecular complexity index is 349. The lowest BCUT2D eigenvalue weighted by Crippen LogP contribution is -2.52. The van der Waals surface area contributed by atoms with Crippen molar-refractivity contribution in [2.45, 2.75) is 37.8 Å². The monoisotopic (exact) mass is 291 g/mol. The topological polar surface area (TPSA) is 179 Å². The minimum absolute atomic E-state index is 0.122. The van der Waals surface area contributed by atoms with Gasteiger partial charge in [-0.25, -0.2) is 10.9 Å². The van der Waals surface area contributed by atoms with Crippen LogP contribution >= 0.6 is 0 Å². The van der Waals surface area contributed by atoms with Gasteiger partial charge in [0, 0.05) is 12.8 Å². The van der Waals surface area contributed by atoms with E-state index in [0.29, 0.717) is 0 Å². The Morgan fingerprint density at radius 1 is 0.850 bits per heavy atom. The fourth-order valence-electron chi connectivity index (χ4n) is 1.27. The maximum atomic E-state index is 10.9. The van der Waals surface area contributed by atoms with Crippen molar-refractivity contribution in [2.75, 3.05) is 0 Å². The van der Waals surface area contributed by atoms with Gasteiger partial charge in [-0.05, 0) is 12.8 Å². The summed E-state index contributed by atoms with van der Waals surface area (Å²) in [5.74, 6) is -4.46. The van der Waals surface area contributed by atoms with Gasteiger partial charge in [0.05, 0.1) is 0 Å². The second kappa shape index (κ2) is 8.82. The van der Waals surface area contributed by atoms with Gasteiger partial charge in [0.2, 0.25) is 5.91 Å². The van der Waals surface area contributed by atoms with Crippen molar-refractivity contribution in [3.63, 3.8) is 0 Å². The highest BCUT2D eigenvalue weighted by molar-refractivity contribution is 5.77. The smallest absolute Gasteiger partial charge is 0.322 e. The molecule has 0 fully saturated rings. The molecule has 0 aromatic heterocycles. The number of carboxylic acid groups (broad SMARTS) is 3. The molecule has 0 aromatic carbocycles. The molecule has 10 nitrogen and oxygen atoms in total. The number of amides is 1. The SMILES string of the molecule is NC(=O)CC[C@@H](NN[C@@H](CCC(=O)O)C(=O)O)C(=O)O. The summed E-state index contributed by atoms with van der Waals surface area (Å²) in [6.07, 6.45) is -0.911. The van der Waals surface area contributed by atoms with E-state index in [9.17, 15) is 19.2 Å². The zero-order valence-electron chi connectivity index (χ0n) is 10.5. The highest BCUT2D eigenvalue weighted by atomic mass is 16.4. The van der Waals surface area contributed by atoms with Crippen LogP contribution in [0.2, 0.25) is 0 Å². The first-order valence-corrected chi connectivity index (χ1v) is 5.70. The number of hydrazine groups is 1. The number of nitrogens with one attached hydrogen (secondary N) is 2. The van der Waals surface area contributed by atoms with E-state index in [1.165, 1.54) is 0 Å². The second-order valence-corrected chi connectivity index (χ2v) is 4.01. The summed E-state index contributed by atoms with van der Waals surface area (Å²) in [7, 11) is 0. The lowest BCUT2D eigenvalue weighted by molar-refractivity contribution is -0.144. The van der Waals surface area contributed by atoms with Crippen molar-refractivity contribution < 1.29 is 34.5 Å². The zero-order chi connectivity index (χ0) is 15.7. The number of nitrogens with two attached hydrogens (primary N) is 1. The average molecular weight is 291 g/mol. The van der Waals surface area contributed by atoms with Gasteiger partial charge in [0.25, 0.3) is 0 Å². The van der Waals surface area contributed by atoms with Crippen molar-refractivity contribution in [1.29, 1.82) is 0 Å². The number of carboxylic acids is 3. The van der Waals surface area contributed by atoms with Crippen LogP contribution < -0.4 is 16.6 Å². The molecule has 114 valence electrons. The van der Waals surface area contributed by atoms with E-state index in [0.717, 1.165) is 0 Å². The van der Waals surface area contributed by atoms with Crippen LogP contribution in [0.5, 0.6) is 0 Å². The Hall–Kier alpha value is -2.20. The minimum atomic E-state index is -1.32. The Kier molecular flexibility index (Phi) is 7.85. The Labute approximate surface area is 113 Å². The van der Waals surface area contributed by atoms with E-state index in [1.54, 1.807) is 0 Å². The quantitative estimate of drug-likeness (QED) is 0.237. The molecule has 10 heteroatoms. The van der Waals surface area contributed by atoms with Crippen molar-refractivity contribution in [3.05, 3.63) is 0 Å². The molecule has 0 saturated carbocycles. The Balaban J connectivity index is 4.39. The molecule has 0 radical (unpaired) electrons. The highest BCUT2D eigenvalue weighted by Crippen LogP contribution is 2.00. The third-order valence-corrected chi connectivity index (χ3v) is 2.35. The number of hydrogen-bond acceptors (Lipinski definition) is 6. The molecule has 1 amide bonds. The van der Waals surface area contributed by atoms with E-state index < -0.39 is 35.9 Å². The van der Waals surface area contributed by atoms with Crippen LogP contribution in [0.15, 0.2) is 0 Å². The first kappa shape index (κ1) is 17.8. The number of hydrogen-bond donors (Lipinski definition) is 6. The molecule has 0 spiro atoms. The van der Waals surface area contributed by atoms with Crippen molar-refractivity contribution in [3.8, 4) is 0 Å². The van der Waals surface area contributed by atoms with Crippen LogP contribution in [0, 0.1) is 0 Å². The third-order valence-electron chi connectivity index (χ3n) is 2.35. The van der Waals surface area contributed by atoms with Gasteiger partial charge in [0.1, 0.15) is 12.1 Å². The van der Waals surface area contributed by atoms with Gasteiger partial charge in [-0.2, -0.15) is 0 Å². The second-order valence-electron chi connectivity index (χ2n) is 4.01. The summed E-state index contributed by atoms with van der Waals surface area (Å²) in [5.41, 5.74) is 9.37. The minimum Gasteiger partial charge on any atom is -0.481 e. The predicted molar refractivity (Wildman–Crippen MR) is 64.4 cm³/mol. The molecule has 0 rings (SSSR count). The molecular weight excluding hydrogens is 274 g/mol. The van der Waals surface area contributed by atoms with Gasteiger partial charge >= 0.3 is 17.9 Å². The van der Waals surface area contributed by atoms with E-state index >= 15 is 0 Å². The van der Waals surface area contributed by atoms with Crippen molar-refractivity contribution >= 4 is 23.8 Å². The van der Waals surface area contributed by atoms with E-state index in [1.807, 2.05) is 0 Å². The molecule has 7 N–H and O–H groups in total. The standard InChI is InChI=1S/C10H17N3O7/c11-7(14)3-1-5(9(17)18)12-13-6(10(19)20)2-4-8(15)16/h5-6,12-13H,1-4H2,(H2,11,14)(H,15,16)(H,17,18)(H,19,20)/t5-,6+/m1/s1. The summed E-state index contributed by atoms with van der Waals surface area (Å²) in [4.78, 5) is 42.6. The van der Waals surface area contributed by atoms with Gasteiger partial charge in [0.15, 0.2) is 0 Å². The lowest BCUT2D eigenvalue weighted by Gasteiger charge is -2.19. The summed E-state index contributed by atoms with van der Waals surface area (Å²) in [6.45, 7) is 0. The van der Waals surface area contributed by atoms with Crippen molar-refractivity contribution in [2.24, 2.45) is 5.73 Å². The van der Waals surface area contributed by atoms with E-state index in [-0.39, 0.29) is 25.7 Å². The van der Waals surface area contributed by atoms with Crippen LogP contribution in [0.3, 0.4) is 0 Å². The van der Waals surface area contributed by atoms with Crippen LogP contribution in [-0.2, 0) is 19.2 Å². The van der Waals surface area contributed by atoms with E-state index in [2.05, 4.69) is 10.9 Å². The van der Waals surface area contributed by atoms with Crippen LogP contribution in [0.4, 0.5) is 0 Å². The predicted octanol–water partition coefficient (Wildman–Crippen LogP) is -1.88. The lowest BCUT2D eigenvalue weighted by atomic mass is 10.1. The number of rotatable bonds is 11. The summed E-state index contributed by atoms with van der Waals surface area (Å²) in [5, 5.41) is 26.2. The number of aliphatic carboxylic acids is 3. The molecule has 0 aliphatic carbocycles. The number of carbonyl (C=O) groups excluding carboxylic acids is 1.